The van der Waals surface area contributed by atoms with Gasteiger partial charge >= 0.3 is 0 Å². The first kappa shape index (κ1) is 12.5. The molecule has 0 fully saturated rings. The van der Waals surface area contributed by atoms with Gasteiger partial charge in [-0.3, -0.25) is 0 Å². The van der Waals surface area contributed by atoms with E-state index in [1.165, 1.54) is 0 Å². The van der Waals surface area contributed by atoms with Crippen molar-refractivity contribution in [3.05, 3.63) is 22.9 Å². The summed E-state index contributed by atoms with van der Waals surface area (Å²) in [6.45, 7) is 6.45. The second-order valence-electron chi connectivity index (χ2n) is 3.86. The molecule has 0 saturated heterocycles. The van der Waals surface area contributed by atoms with Crippen molar-refractivity contribution in [2.45, 2.75) is 26.9 Å². The second kappa shape index (κ2) is 5.47. The first-order chi connectivity index (χ1) is 7.58. The van der Waals surface area contributed by atoms with Crippen LogP contribution in [0.25, 0.3) is 0 Å². The molecule has 1 N–H and O–H groups in total. The molecule has 0 saturated carbocycles. The van der Waals surface area contributed by atoms with Crippen molar-refractivity contribution in [1.82, 2.24) is 10.3 Å². The Labute approximate surface area is 96.3 Å². The average Bonchev–Trinajstić information content (AvgIpc) is 2.17. The molecule has 4 heteroatoms. The maximum atomic E-state index is 9.05. The molecule has 0 bridgehead atoms. The molecular formula is C12H17N3O. The van der Waals surface area contributed by atoms with Crippen molar-refractivity contribution in [3.63, 3.8) is 0 Å². The molecule has 0 aromatic carbocycles. The number of rotatable bonds is 4. The van der Waals surface area contributed by atoms with E-state index >= 15 is 0 Å². The molecule has 1 unspecified atom stereocenters. The highest BCUT2D eigenvalue weighted by Crippen LogP contribution is 2.20. The van der Waals surface area contributed by atoms with Gasteiger partial charge in [0.05, 0.1) is 0 Å². The number of pyridine rings is 1. The van der Waals surface area contributed by atoms with Crippen molar-refractivity contribution < 1.29 is 4.74 Å². The summed E-state index contributed by atoms with van der Waals surface area (Å²) >= 11 is 0. The van der Waals surface area contributed by atoms with Crippen molar-refractivity contribution in [1.29, 1.82) is 5.26 Å². The van der Waals surface area contributed by atoms with Crippen LogP contribution in [0, 0.1) is 25.2 Å². The fourth-order valence-corrected chi connectivity index (χ4v) is 1.54. The number of aromatic nitrogens is 1. The van der Waals surface area contributed by atoms with Crippen LogP contribution in [0.4, 0.5) is 0 Å². The fraction of sp³-hybridized carbons (Fsp3) is 0.500. The Morgan fingerprint density at radius 1 is 1.56 bits per heavy atom. The van der Waals surface area contributed by atoms with E-state index in [0.717, 1.165) is 17.8 Å². The summed E-state index contributed by atoms with van der Waals surface area (Å²) in [7, 11) is 1.86. The van der Waals surface area contributed by atoms with Crippen LogP contribution in [0.15, 0.2) is 6.07 Å². The molecule has 86 valence electrons. The summed E-state index contributed by atoms with van der Waals surface area (Å²) in [5, 5.41) is 12.1. The van der Waals surface area contributed by atoms with Gasteiger partial charge in [0.2, 0.25) is 5.88 Å². The highest BCUT2D eigenvalue weighted by Gasteiger charge is 2.12. The minimum Gasteiger partial charge on any atom is -0.472 e. The zero-order chi connectivity index (χ0) is 12.1. The molecule has 0 aliphatic carbocycles. The summed E-state index contributed by atoms with van der Waals surface area (Å²) in [6.07, 6.45) is -0.00852. The number of nitriles is 1. The van der Waals surface area contributed by atoms with E-state index < -0.39 is 0 Å². The number of hydrogen-bond acceptors (Lipinski definition) is 4. The van der Waals surface area contributed by atoms with Gasteiger partial charge in [0.1, 0.15) is 17.7 Å². The van der Waals surface area contributed by atoms with Crippen LogP contribution in [-0.2, 0) is 0 Å². The molecule has 16 heavy (non-hydrogen) atoms. The molecule has 1 aromatic heterocycles. The van der Waals surface area contributed by atoms with E-state index in [-0.39, 0.29) is 6.10 Å². The highest BCUT2D eigenvalue weighted by atomic mass is 16.5. The van der Waals surface area contributed by atoms with Crippen LogP contribution < -0.4 is 10.1 Å². The Hall–Kier alpha value is -1.60. The zero-order valence-electron chi connectivity index (χ0n) is 10.2. The number of nitrogens with zero attached hydrogens (tertiary/aromatic N) is 2. The maximum absolute atomic E-state index is 9.05. The van der Waals surface area contributed by atoms with Crippen LogP contribution in [-0.4, -0.2) is 24.7 Å². The number of ether oxygens (including phenoxy) is 1. The molecule has 0 aliphatic heterocycles. The topological polar surface area (TPSA) is 57.9 Å². The zero-order valence-corrected chi connectivity index (χ0v) is 10.2. The Morgan fingerprint density at radius 3 is 2.81 bits per heavy atom. The Balaban J connectivity index is 2.99. The molecular weight excluding hydrogens is 202 g/mol. The quantitative estimate of drug-likeness (QED) is 0.834. The summed E-state index contributed by atoms with van der Waals surface area (Å²) in [6, 6.07) is 4.01. The van der Waals surface area contributed by atoms with Crippen LogP contribution in [0.1, 0.15) is 23.7 Å². The third-order valence-corrected chi connectivity index (χ3v) is 2.23. The lowest BCUT2D eigenvalue weighted by molar-refractivity contribution is 0.210. The van der Waals surface area contributed by atoms with E-state index in [1.807, 2.05) is 33.9 Å². The van der Waals surface area contributed by atoms with Crippen molar-refractivity contribution in [2.24, 2.45) is 0 Å². The summed E-state index contributed by atoms with van der Waals surface area (Å²) in [5.74, 6) is 0.433. The van der Waals surface area contributed by atoms with Gasteiger partial charge in [-0.2, -0.15) is 5.26 Å². The van der Waals surface area contributed by atoms with Crippen molar-refractivity contribution >= 4 is 0 Å². The Morgan fingerprint density at radius 2 is 2.25 bits per heavy atom. The second-order valence-corrected chi connectivity index (χ2v) is 3.86. The highest BCUT2D eigenvalue weighted by molar-refractivity contribution is 5.45. The third-order valence-electron chi connectivity index (χ3n) is 2.23. The van der Waals surface area contributed by atoms with Gasteiger partial charge in [0.15, 0.2) is 0 Å². The van der Waals surface area contributed by atoms with Gasteiger partial charge in [0, 0.05) is 12.2 Å². The molecule has 1 aromatic rings. The van der Waals surface area contributed by atoms with E-state index in [2.05, 4.69) is 16.4 Å². The minimum atomic E-state index is -0.00852. The lowest BCUT2D eigenvalue weighted by Gasteiger charge is -2.15. The van der Waals surface area contributed by atoms with E-state index in [0.29, 0.717) is 11.4 Å². The van der Waals surface area contributed by atoms with Gasteiger partial charge in [-0.1, -0.05) is 0 Å². The van der Waals surface area contributed by atoms with E-state index in [9.17, 15) is 0 Å². The van der Waals surface area contributed by atoms with Crippen LogP contribution >= 0.6 is 0 Å². The van der Waals surface area contributed by atoms with Gasteiger partial charge < -0.3 is 10.1 Å². The smallest absolute Gasteiger partial charge is 0.232 e. The predicted octanol–water partition coefficient (Wildman–Crippen LogP) is 1.56. The fourth-order valence-electron chi connectivity index (χ4n) is 1.54. The minimum absolute atomic E-state index is 0.00852. The van der Waals surface area contributed by atoms with Crippen molar-refractivity contribution in [3.8, 4) is 11.9 Å². The van der Waals surface area contributed by atoms with Crippen LogP contribution in [0.2, 0.25) is 0 Å². The maximum Gasteiger partial charge on any atom is 0.232 e. The Bertz CT molecular complexity index is 409. The number of likely N-dealkylation sites (N-methyl/N-ethyl adjacent to an activating group) is 1. The predicted molar refractivity (Wildman–Crippen MR) is 62.4 cm³/mol. The van der Waals surface area contributed by atoms with E-state index in [1.54, 1.807) is 0 Å². The number of aryl methyl sites for hydroxylation is 2. The molecule has 1 heterocycles. The largest absolute Gasteiger partial charge is 0.472 e. The first-order valence-corrected chi connectivity index (χ1v) is 5.28. The molecule has 0 spiro atoms. The van der Waals surface area contributed by atoms with Gasteiger partial charge in [-0.25, -0.2) is 4.98 Å². The third kappa shape index (κ3) is 2.94. The Kier molecular flexibility index (Phi) is 4.27. The lowest BCUT2D eigenvalue weighted by Crippen LogP contribution is -2.26. The van der Waals surface area contributed by atoms with Gasteiger partial charge in [-0.15, -0.1) is 0 Å². The molecule has 4 nitrogen and oxygen atoms in total. The molecule has 0 aliphatic rings. The average molecular weight is 219 g/mol. The molecule has 1 atom stereocenters. The SMILES string of the molecule is CNCC(C)Oc1nc(C)cc(C)c1C#N. The number of hydrogen-bond donors (Lipinski definition) is 1. The molecule has 0 amide bonds. The van der Waals surface area contributed by atoms with Gasteiger partial charge in [-0.05, 0) is 39.4 Å². The van der Waals surface area contributed by atoms with Gasteiger partial charge in [0.25, 0.3) is 0 Å². The summed E-state index contributed by atoms with van der Waals surface area (Å²) in [5.41, 5.74) is 2.29. The first-order valence-electron chi connectivity index (χ1n) is 5.28. The van der Waals surface area contributed by atoms with Crippen LogP contribution in [0.5, 0.6) is 5.88 Å². The van der Waals surface area contributed by atoms with Crippen LogP contribution in [0.3, 0.4) is 0 Å². The summed E-state index contributed by atoms with van der Waals surface area (Å²) in [4.78, 5) is 4.25. The summed E-state index contributed by atoms with van der Waals surface area (Å²) < 4.78 is 5.64. The number of nitrogens with one attached hydrogen (secondary N) is 1. The van der Waals surface area contributed by atoms with E-state index in [4.69, 9.17) is 10.00 Å². The standard InChI is InChI=1S/C12H17N3O/c1-8-5-9(2)15-12(11(8)6-13)16-10(3)7-14-4/h5,10,14H,7H2,1-4H3. The lowest BCUT2D eigenvalue weighted by atomic mass is 10.1. The normalized spacial score (nSPS) is 11.9. The monoisotopic (exact) mass is 219 g/mol. The molecule has 1 rings (SSSR count). The van der Waals surface area contributed by atoms with Crippen molar-refractivity contribution in [2.75, 3.05) is 13.6 Å². The molecule has 0 radical (unpaired) electrons.